The van der Waals surface area contributed by atoms with Gasteiger partial charge in [0.05, 0.1) is 19.1 Å². The Kier molecular flexibility index (Phi) is 6.91. The molecule has 1 saturated carbocycles. The Morgan fingerprint density at radius 3 is 2.38 bits per heavy atom. The van der Waals surface area contributed by atoms with E-state index in [1.807, 2.05) is 26.0 Å². The molecule has 1 aromatic carbocycles. The van der Waals surface area contributed by atoms with Crippen LogP contribution in [0.15, 0.2) is 18.2 Å². The first-order valence-electron chi connectivity index (χ1n) is 8.93. The molecule has 0 amide bonds. The first-order valence-corrected chi connectivity index (χ1v) is 8.93. The number of carbonyl (C=O) groups is 1. The Labute approximate surface area is 144 Å². The van der Waals surface area contributed by atoms with Gasteiger partial charge in [0.25, 0.3) is 0 Å². The predicted octanol–water partition coefficient (Wildman–Crippen LogP) is 3.78. The van der Waals surface area contributed by atoms with Crippen molar-refractivity contribution in [3.63, 3.8) is 0 Å². The van der Waals surface area contributed by atoms with Crippen molar-refractivity contribution in [2.75, 3.05) is 13.2 Å². The van der Waals surface area contributed by atoms with Gasteiger partial charge in [-0.25, -0.2) is 0 Å². The van der Waals surface area contributed by atoms with Crippen LogP contribution >= 0.6 is 0 Å². The Balaban J connectivity index is 1.98. The topological polar surface area (TPSA) is 67.8 Å². The number of aliphatic carboxylic acids is 1. The molecule has 1 unspecified atom stereocenters. The minimum Gasteiger partial charge on any atom is -0.490 e. The standard InChI is InChI=1S/C19H29NO4/c1-4-23-17-11-8-15(12-18(17)24-5-2)13(3)20-16-9-6-14(7-10-16)19(21)22/h8,11-14,16,20H,4-7,9-10H2,1-3H3,(H,21,22). The monoisotopic (exact) mass is 335 g/mol. The third kappa shape index (κ3) is 4.87. The number of nitrogens with one attached hydrogen (secondary N) is 1. The third-order valence-electron chi connectivity index (χ3n) is 4.63. The van der Waals surface area contributed by atoms with Crippen molar-refractivity contribution < 1.29 is 19.4 Å². The van der Waals surface area contributed by atoms with E-state index < -0.39 is 5.97 Å². The van der Waals surface area contributed by atoms with Crippen molar-refractivity contribution in [2.24, 2.45) is 5.92 Å². The normalized spacial score (nSPS) is 22.0. The van der Waals surface area contributed by atoms with Gasteiger partial charge in [-0.3, -0.25) is 4.79 Å². The van der Waals surface area contributed by atoms with Crippen LogP contribution in [0.3, 0.4) is 0 Å². The molecule has 0 aliphatic heterocycles. The maximum Gasteiger partial charge on any atom is 0.306 e. The van der Waals surface area contributed by atoms with Crippen LogP contribution in [0.1, 0.15) is 58.1 Å². The van der Waals surface area contributed by atoms with E-state index in [-0.39, 0.29) is 12.0 Å². The van der Waals surface area contributed by atoms with Gasteiger partial charge in [0, 0.05) is 12.1 Å². The van der Waals surface area contributed by atoms with Gasteiger partial charge in [-0.1, -0.05) is 6.07 Å². The lowest BCUT2D eigenvalue weighted by Gasteiger charge is -2.30. The van der Waals surface area contributed by atoms with Gasteiger partial charge in [0.15, 0.2) is 11.5 Å². The number of carboxylic acid groups (broad SMARTS) is 1. The molecule has 5 nitrogen and oxygen atoms in total. The molecule has 134 valence electrons. The second kappa shape index (κ2) is 8.92. The highest BCUT2D eigenvalue weighted by molar-refractivity contribution is 5.70. The average Bonchev–Trinajstić information content (AvgIpc) is 2.57. The molecule has 1 aliphatic rings. The molecule has 5 heteroatoms. The Morgan fingerprint density at radius 2 is 1.79 bits per heavy atom. The molecule has 0 radical (unpaired) electrons. The Morgan fingerprint density at radius 1 is 1.17 bits per heavy atom. The van der Waals surface area contributed by atoms with Crippen LogP contribution in [0.5, 0.6) is 11.5 Å². The fraction of sp³-hybridized carbons (Fsp3) is 0.632. The van der Waals surface area contributed by atoms with Crippen molar-refractivity contribution >= 4 is 5.97 Å². The molecule has 1 aliphatic carbocycles. The van der Waals surface area contributed by atoms with Gasteiger partial charge in [-0.05, 0) is 64.2 Å². The highest BCUT2D eigenvalue weighted by Gasteiger charge is 2.26. The number of hydrogen-bond acceptors (Lipinski definition) is 4. The molecule has 0 spiro atoms. The number of benzene rings is 1. The summed E-state index contributed by atoms with van der Waals surface area (Å²) in [6.45, 7) is 7.27. The SMILES string of the molecule is CCOc1ccc(C(C)NC2CCC(C(=O)O)CC2)cc1OCC. The Bertz CT molecular complexity index is 538. The second-order valence-electron chi connectivity index (χ2n) is 6.35. The molecule has 1 fully saturated rings. The summed E-state index contributed by atoms with van der Waals surface area (Å²) >= 11 is 0. The summed E-state index contributed by atoms with van der Waals surface area (Å²) in [6, 6.07) is 6.62. The molecular formula is C19H29NO4. The van der Waals surface area contributed by atoms with E-state index in [0.717, 1.165) is 42.7 Å². The van der Waals surface area contributed by atoms with Gasteiger partial charge < -0.3 is 19.9 Å². The largest absolute Gasteiger partial charge is 0.490 e. The van der Waals surface area contributed by atoms with Gasteiger partial charge in [-0.2, -0.15) is 0 Å². The van der Waals surface area contributed by atoms with Crippen LogP contribution in [-0.4, -0.2) is 30.3 Å². The lowest BCUT2D eigenvalue weighted by Crippen LogP contribution is -2.36. The fourth-order valence-electron chi connectivity index (χ4n) is 3.29. The fourth-order valence-corrected chi connectivity index (χ4v) is 3.29. The second-order valence-corrected chi connectivity index (χ2v) is 6.35. The average molecular weight is 335 g/mol. The summed E-state index contributed by atoms with van der Waals surface area (Å²) in [4.78, 5) is 11.0. The lowest BCUT2D eigenvalue weighted by atomic mass is 9.85. The molecule has 1 aromatic rings. The molecule has 2 rings (SSSR count). The summed E-state index contributed by atoms with van der Waals surface area (Å²) in [7, 11) is 0. The summed E-state index contributed by atoms with van der Waals surface area (Å²) in [5, 5.41) is 12.7. The van der Waals surface area contributed by atoms with Crippen molar-refractivity contribution in [1.29, 1.82) is 0 Å². The molecule has 24 heavy (non-hydrogen) atoms. The number of hydrogen-bond donors (Lipinski definition) is 2. The number of rotatable bonds is 8. The van der Waals surface area contributed by atoms with Crippen LogP contribution < -0.4 is 14.8 Å². The van der Waals surface area contributed by atoms with Crippen LogP contribution in [0, 0.1) is 5.92 Å². The number of carboxylic acids is 1. The number of ether oxygens (including phenoxy) is 2. The first kappa shape index (κ1) is 18.6. The van der Waals surface area contributed by atoms with E-state index in [1.54, 1.807) is 0 Å². The van der Waals surface area contributed by atoms with E-state index >= 15 is 0 Å². The zero-order chi connectivity index (χ0) is 17.5. The maximum atomic E-state index is 11.0. The van der Waals surface area contributed by atoms with E-state index in [1.165, 1.54) is 0 Å². The first-order chi connectivity index (χ1) is 11.5. The van der Waals surface area contributed by atoms with Crippen molar-refractivity contribution in [2.45, 2.75) is 58.5 Å². The molecular weight excluding hydrogens is 306 g/mol. The quantitative estimate of drug-likeness (QED) is 0.757. The highest BCUT2D eigenvalue weighted by atomic mass is 16.5. The van der Waals surface area contributed by atoms with Gasteiger partial charge in [0.1, 0.15) is 0 Å². The zero-order valence-electron chi connectivity index (χ0n) is 14.9. The van der Waals surface area contributed by atoms with Crippen LogP contribution in [-0.2, 0) is 4.79 Å². The maximum absolute atomic E-state index is 11.0. The predicted molar refractivity (Wildman–Crippen MR) is 93.7 cm³/mol. The highest BCUT2D eigenvalue weighted by Crippen LogP contribution is 2.32. The van der Waals surface area contributed by atoms with Crippen molar-refractivity contribution in [3.8, 4) is 11.5 Å². The van der Waals surface area contributed by atoms with Crippen LogP contribution in [0.25, 0.3) is 0 Å². The van der Waals surface area contributed by atoms with E-state index in [2.05, 4.69) is 18.3 Å². The minimum atomic E-state index is -0.658. The summed E-state index contributed by atoms with van der Waals surface area (Å²) < 4.78 is 11.3. The van der Waals surface area contributed by atoms with E-state index in [0.29, 0.717) is 19.3 Å². The van der Waals surface area contributed by atoms with Crippen molar-refractivity contribution in [1.82, 2.24) is 5.32 Å². The zero-order valence-corrected chi connectivity index (χ0v) is 14.9. The summed E-state index contributed by atoms with van der Waals surface area (Å²) in [6.07, 6.45) is 3.34. The van der Waals surface area contributed by atoms with E-state index in [4.69, 9.17) is 14.6 Å². The van der Waals surface area contributed by atoms with Gasteiger partial charge >= 0.3 is 5.97 Å². The minimum absolute atomic E-state index is 0.173. The summed E-state index contributed by atoms with van der Waals surface area (Å²) in [5.41, 5.74) is 1.15. The molecule has 0 heterocycles. The van der Waals surface area contributed by atoms with Crippen LogP contribution in [0.2, 0.25) is 0 Å². The van der Waals surface area contributed by atoms with E-state index in [9.17, 15) is 4.79 Å². The lowest BCUT2D eigenvalue weighted by molar-refractivity contribution is -0.142. The molecule has 0 saturated heterocycles. The molecule has 2 N–H and O–H groups in total. The van der Waals surface area contributed by atoms with Gasteiger partial charge in [0.2, 0.25) is 0 Å². The molecule has 1 atom stereocenters. The summed E-state index contributed by atoms with van der Waals surface area (Å²) in [5.74, 6) is 0.722. The third-order valence-corrected chi connectivity index (χ3v) is 4.63. The molecule has 0 bridgehead atoms. The van der Waals surface area contributed by atoms with Crippen molar-refractivity contribution in [3.05, 3.63) is 23.8 Å². The van der Waals surface area contributed by atoms with Crippen LogP contribution in [0.4, 0.5) is 0 Å². The van der Waals surface area contributed by atoms with Gasteiger partial charge in [-0.15, -0.1) is 0 Å². The smallest absolute Gasteiger partial charge is 0.306 e. The Hall–Kier alpha value is -1.75. The molecule has 0 aromatic heterocycles.